The molecule has 12 heteroatoms. The summed E-state index contributed by atoms with van der Waals surface area (Å²) in [5, 5.41) is 9.60. The minimum absolute atomic E-state index is 0.137. The number of hydrogen-bond donors (Lipinski definition) is 3. The monoisotopic (exact) mass is 497 g/mol. The lowest BCUT2D eigenvalue weighted by Crippen LogP contribution is -2.57. The van der Waals surface area contributed by atoms with Gasteiger partial charge in [0.1, 0.15) is 11.4 Å². The van der Waals surface area contributed by atoms with E-state index in [1.807, 2.05) is 0 Å². The van der Waals surface area contributed by atoms with E-state index in [0.717, 1.165) is 42.0 Å². The second-order valence-electron chi connectivity index (χ2n) is 10.6. The van der Waals surface area contributed by atoms with E-state index in [1.54, 1.807) is 24.2 Å². The zero-order valence-electron chi connectivity index (χ0n) is 21.1. The van der Waals surface area contributed by atoms with Gasteiger partial charge in [-0.3, -0.25) is 4.79 Å². The molecule has 194 valence electrons. The molecule has 2 fully saturated rings. The average Bonchev–Trinajstić information content (AvgIpc) is 3.48. The first-order valence-corrected chi connectivity index (χ1v) is 12.4. The number of anilines is 3. The van der Waals surface area contributed by atoms with Crippen molar-refractivity contribution in [3.8, 4) is 11.3 Å². The number of nitrogens with two attached hydrogens (primary N) is 2. The highest BCUT2D eigenvalue weighted by atomic mass is 16.5. The molecule has 0 spiro atoms. The lowest BCUT2D eigenvalue weighted by molar-refractivity contribution is -0.136. The van der Waals surface area contributed by atoms with Gasteiger partial charge in [-0.25, -0.2) is 15.0 Å². The number of rotatable bonds is 5. The molecular formula is C24H35N9O3. The number of nitrogen functional groups attached to an aromatic ring is 1. The van der Waals surface area contributed by atoms with Crippen LogP contribution in [0.2, 0.25) is 0 Å². The summed E-state index contributed by atoms with van der Waals surface area (Å²) in [6.45, 7) is 9.21. The summed E-state index contributed by atoms with van der Waals surface area (Å²) < 4.78 is 5.64. The van der Waals surface area contributed by atoms with Crippen LogP contribution in [-0.2, 0) is 16.0 Å². The molecule has 5 N–H and O–H groups in total. The molecule has 0 bridgehead atoms. The SMILES string of the molecule is C[C@H]1COCCN1c1nc(-c2cnc(N)nc2)c2c(n1)N([C@@]1(C)CCN(C(=O)C(C)(N)CO)C1)CC2. The zero-order chi connectivity index (χ0) is 25.7. The maximum Gasteiger partial charge on any atom is 0.244 e. The molecule has 1 amide bonds. The average molecular weight is 498 g/mol. The Morgan fingerprint density at radius 2 is 2.03 bits per heavy atom. The Balaban J connectivity index is 1.53. The number of fused-ring (bicyclic) bond motifs is 1. The number of morpholine rings is 1. The second kappa shape index (κ2) is 9.09. The predicted molar refractivity (Wildman–Crippen MR) is 135 cm³/mol. The smallest absolute Gasteiger partial charge is 0.244 e. The molecule has 3 atom stereocenters. The normalized spacial score (nSPS) is 25.7. The maximum atomic E-state index is 13.0. The van der Waals surface area contributed by atoms with Crippen LogP contribution in [-0.4, -0.2) is 99.0 Å². The standard InChI is InChI=1S/C24H35N9O3/c1-15-12-36-9-8-32(15)22-29-18(16-10-27-21(25)28-11-16)17-4-6-33(19(17)30-22)23(2)5-7-31(13-23)20(35)24(3,26)14-34/h10-11,15,34H,4-9,12-14,26H2,1-3H3,(H2,25,27,28)/t15-,23-,24?/m0/s1. The number of aromatic nitrogens is 4. The molecule has 0 saturated carbocycles. The van der Waals surface area contributed by atoms with Crippen molar-refractivity contribution >= 4 is 23.6 Å². The van der Waals surface area contributed by atoms with E-state index in [9.17, 15) is 9.90 Å². The van der Waals surface area contributed by atoms with Gasteiger partial charge in [-0.05, 0) is 33.6 Å². The summed E-state index contributed by atoms with van der Waals surface area (Å²) in [5.74, 6) is 1.50. The highest BCUT2D eigenvalue weighted by Crippen LogP contribution is 2.41. The van der Waals surface area contributed by atoms with E-state index in [0.29, 0.717) is 38.8 Å². The quantitative estimate of drug-likeness (QED) is 0.502. The summed E-state index contributed by atoms with van der Waals surface area (Å²) in [6, 6.07) is 0.137. The second-order valence-corrected chi connectivity index (χ2v) is 10.6. The molecule has 5 rings (SSSR count). The summed E-state index contributed by atoms with van der Waals surface area (Å²) in [5.41, 5.74) is 12.8. The van der Waals surface area contributed by atoms with Crippen LogP contribution in [0.15, 0.2) is 12.4 Å². The van der Waals surface area contributed by atoms with Gasteiger partial charge in [0, 0.05) is 49.7 Å². The van der Waals surface area contributed by atoms with Crippen LogP contribution in [0.25, 0.3) is 11.3 Å². The van der Waals surface area contributed by atoms with Crippen LogP contribution in [0.4, 0.5) is 17.7 Å². The van der Waals surface area contributed by atoms with Crippen molar-refractivity contribution in [2.45, 2.75) is 50.7 Å². The fraction of sp³-hybridized carbons (Fsp3) is 0.625. The Kier molecular flexibility index (Phi) is 6.21. The Bertz CT molecular complexity index is 1140. The molecule has 0 aliphatic carbocycles. The molecule has 1 unspecified atom stereocenters. The van der Waals surface area contributed by atoms with E-state index >= 15 is 0 Å². The van der Waals surface area contributed by atoms with Crippen molar-refractivity contribution in [1.82, 2.24) is 24.8 Å². The number of carbonyl (C=O) groups is 1. The van der Waals surface area contributed by atoms with Crippen LogP contribution in [0, 0.1) is 0 Å². The maximum absolute atomic E-state index is 13.0. The minimum atomic E-state index is -1.29. The Hall–Kier alpha value is -3.09. The van der Waals surface area contributed by atoms with Crippen molar-refractivity contribution in [2.24, 2.45) is 5.73 Å². The summed E-state index contributed by atoms with van der Waals surface area (Å²) in [6.07, 6.45) is 4.94. The molecular weight excluding hydrogens is 462 g/mol. The first kappa shape index (κ1) is 24.6. The van der Waals surface area contributed by atoms with Gasteiger partial charge >= 0.3 is 0 Å². The minimum Gasteiger partial charge on any atom is -0.394 e. The van der Waals surface area contributed by atoms with Crippen LogP contribution >= 0.6 is 0 Å². The Labute approximate surface area is 210 Å². The van der Waals surface area contributed by atoms with E-state index < -0.39 is 12.1 Å². The van der Waals surface area contributed by atoms with Crippen LogP contribution in [0.5, 0.6) is 0 Å². The fourth-order valence-electron chi connectivity index (χ4n) is 5.39. The third kappa shape index (κ3) is 4.22. The van der Waals surface area contributed by atoms with E-state index in [1.165, 1.54) is 0 Å². The summed E-state index contributed by atoms with van der Waals surface area (Å²) >= 11 is 0. The lowest BCUT2D eigenvalue weighted by atomic mass is 9.99. The van der Waals surface area contributed by atoms with Crippen LogP contribution in [0.1, 0.15) is 32.8 Å². The van der Waals surface area contributed by atoms with Crippen LogP contribution < -0.4 is 21.3 Å². The highest BCUT2D eigenvalue weighted by molar-refractivity contribution is 5.86. The van der Waals surface area contributed by atoms with Gasteiger partial charge in [0.25, 0.3) is 0 Å². The van der Waals surface area contributed by atoms with Crippen molar-refractivity contribution < 1.29 is 14.6 Å². The van der Waals surface area contributed by atoms with Gasteiger partial charge in [0.2, 0.25) is 17.8 Å². The van der Waals surface area contributed by atoms with Gasteiger partial charge in [0.15, 0.2) is 0 Å². The topological polar surface area (TPSA) is 160 Å². The summed E-state index contributed by atoms with van der Waals surface area (Å²) in [7, 11) is 0. The molecule has 2 aromatic heterocycles. The van der Waals surface area contributed by atoms with Gasteiger partial charge in [0.05, 0.1) is 37.1 Å². The predicted octanol–water partition coefficient (Wildman–Crippen LogP) is -0.196. The number of nitrogens with zero attached hydrogens (tertiary/aromatic N) is 7. The van der Waals surface area contributed by atoms with Crippen molar-refractivity contribution in [2.75, 3.05) is 61.5 Å². The zero-order valence-corrected chi connectivity index (χ0v) is 21.1. The fourth-order valence-corrected chi connectivity index (χ4v) is 5.39. The molecule has 36 heavy (non-hydrogen) atoms. The van der Waals surface area contributed by atoms with Crippen molar-refractivity contribution in [3.05, 3.63) is 18.0 Å². The van der Waals surface area contributed by atoms with Crippen molar-refractivity contribution in [1.29, 1.82) is 0 Å². The lowest BCUT2D eigenvalue weighted by Gasteiger charge is -2.38. The van der Waals surface area contributed by atoms with E-state index in [2.05, 4.69) is 33.6 Å². The molecule has 0 radical (unpaired) electrons. The van der Waals surface area contributed by atoms with Gasteiger partial charge in [-0.15, -0.1) is 0 Å². The number of aliphatic hydroxyl groups is 1. The first-order valence-electron chi connectivity index (χ1n) is 12.4. The van der Waals surface area contributed by atoms with Gasteiger partial charge < -0.3 is 36.0 Å². The number of carbonyl (C=O) groups excluding carboxylic acids is 1. The molecule has 0 aromatic carbocycles. The molecule has 3 aliphatic rings. The molecule has 2 saturated heterocycles. The number of aliphatic hydroxyl groups excluding tert-OH is 1. The van der Waals surface area contributed by atoms with Crippen LogP contribution in [0.3, 0.4) is 0 Å². The number of hydrogen-bond acceptors (Lipinski definition) is 11. The number of ether oxygens (including phenoxy) is 1. The number of likely N-dealkylation sites (tertiary alicyclic amines) is 1. The largest absolute Gasteiger partial charge is 0.394 e. The third-order valence-corrected chi connectivity index (χ3v) is 7.59. The molecule has 5 heterocycles. The molecule has 2 aromatic rings. The van der Waals surface area contributed by atoms with E-state index in [-0.39, 0.29) is 23.4 Å². The Morgan fingerprint density at radius 1 is 1.28 bits per heavy atom. The molecule has 12 nitrogen and oxygen atoms in total. The Morgan fingerprint density at radius 3 is 2.72 bits per heavy atom. The van der Waals surface area contributed by atoms with Crippen molar-refractivity contribution in [3.63, 3.8) is 0 Å². The van der Waals surface area contributed by atoms with Gasteiger partial charge in [-0.1, -0.05) is 0 Å². The number of amides is 1. The van der Waals surface area contributed by atoms with E-state index in [4.69, 9.17) is 26.2 Å². The highest BCUT2D eigenvalue weighted by Gasteiger charge is 2.47. The summed E-state index contributed by atoms with van der Waals surface area (Å²) in [4.78, 5) is 37.7. The molecule has 3 aliphatic heterocycles. The first-order chi connectivity index (χ1) is 17.1. The van der Waals surface area contributed by atoms with Gasteiger partial charge in [-0.2, -0.15) is 4.98 Å². The third-order valence-electron chi connectivity index (χ3n) is 7.59.